The first-order valence-electron chi connectivity index (χ1n) is 8.78. The van der Waals surface area contributed by atoms with Gasteiger partial charge in [-0.3, -0.25) is 0 Å². The van der Waals surface area contributed by atoms with Crippen LogP contribution in [-0.2, 0) is 4.74 Å². The Morgan fingerprint density at radius 2 is 1.57 bits per heavy atom. The number of piperidine rings is 1. The fourth-order valence-corrected chi connectivity index (χ4v) is 3.24. The van der Waals surface area contributed by atoms with E-state index in [-0.39, 0.29) is 18.6 Å². The van der Waals surface area contributed by atoms with E-state index in [0.29, 0.717) is 0 Å². The fraction of sp³-hybridized carbons (Fsp3) is 1.00. The molecule has 0 saturated carbocycles. The van der Waals surface area contributed by atoms with E-state index in [4.69, 9.17) is 4.74 Å². The van der Waals surface area contributed by atoms with Crippen LogP contribution >= 0.6 is 0 Å². The first kappa shape index (κ1) is 18.9. The molecule has 1 fully saturated rings. The summed E-state index contributed by atoms with van der Waals surface area (Å²) >= 11 is 0. The zero-order valence-corrected chi connectivity index (χ0v) is 13.9. The van der Waals surface area contributed by atoms with Crippen molar-refractivity contribution in [2.24, 2.45) is 5.41 Å². The predicted molar refractivity (Wildman–Crippen MR) is 86.5 cm³/mol. The van der Waals surface area contributed by atoms with Crippen molar-refractivity contribution in [1.82, 2.24) is 4.90 Å². The standard InChI is InChI=1S/C17H35NO3/c1-2-3-15-21-16-5-4-10-18-11-6-17(7-12-18,8-13-19)9-14-20/h19-20H,2-16H2,1H3. The van der Waals surface area contributed by atoms with Crippen LogP contribution in [0.3, 0.4) is 0 Å². The summed E-state index contributed by atoms with van der Waals surface area (Å²) in [6, 6.07) is 0. The SMILES string of the molecule is CCCCOCCCCN1CCC(CCO)(CCO)CC1. The van der Waals surface area contributed by atoms with E-state index < -0.39 is 0 Å². The highest BCUT2D eigenvalue weighted by Gasteiger charge is 2.33. The lowest BCUT2D eigenvalue weighted by Crippen LogP contribution is -2.41. The molecule has 4 heteroatoms. The van der Waals surface area contributed by atoms with Gasteiger partial charge in [0.25, 0.3) is 0 Å². The topological polar surface area (TPSA) is 52.9 Å². The maximum absolute atomic E-state index is 9.23. The molecule has 0 aromatic rings. The summed E-state index contributed by atoms with van der Waals surface area (Å²) in [5.41, 5.74) is 0.184. The monoisotopic (exact) mass is 301 g/mol. The van der Waals surface area contributed by atoms with E-state index in [1.807, 2.05) is 0 Å². The first-order chi connectivity index (χ1) is 10.3. The Balaban J connectivity index is 2.09. The van der Waals surface area contributed by atoms with Crippen LogP contribution in [0.2, 0.25) is 0 Å². The van der Waals surface area contributed by atoms with Crippen molar-refractivity contribution in [3.05, 3.63) is 0 Å². The molecule has 1 aliphatic rings. The molecule has 0 aromatic heterocycles. The Morgan fingerprint density at radius 1 is 0.952 bits per heavy atom. The Morgan fingerprint density at radius 3 is 2.14 bits per heavy atom. The van der Waals surface area contributed by atoms with Crippen molar-refractivity contribution < 1.29 is 14.9 Å². The minimum Gasteiger partial charge on any atom is -0.396 e. The number of aliphatic hydroxyl groups excluding tert-OH is 2. The zero-order valence-electron chi connectivity index (χ0n) is 13.9. The minimum atomic E-state index is 0.184. The molecule has 126 valence electrons. The van der Waals surface area contributed by atoms with Gasteiger partial charge in [0, 0.05) is 26.4 Å². The maximum atomic E-state index is 9.23. The van der Waals surface area contributed by atoms with Crippen molar-refractivity contribution in [3.63, 3.8) is 0 Å². The van der Waals surface area contributed by atoms with Crippen molar-refractivity contribution in [1.29, 1.82) is 0 Å². The van der Waals surface area contributed by atoms with E-state index in [1.165, 1.54) is 19.3 Å². The van der Waals surface area contributed by atoms with Gasteiger partial charge in [0.2, 0.25) is 0 Å². The Kier molecular flexibility index (Phi) is 10.3. The van der Waals surface area contributed by atoms with Crippen LogP contribution in [0, 0.1) is 5.41 Å². The molecule has 4 nitrogen and oxygen atoms in total. The van der Waals surface area contributed by atoms with E-state index in [0.717, 1.165) is 65.0 Å². The third-order valence-electron chi connectivity index (χ3n) is 4.86. The normalized spacial score (nSPS) is 19.0. The van der Waals surface area contributed by atoms with Gasteiger partial charge in [-0.25, -0.2) is 0 Å². The van der Waals surface area contributed by atoms with Gasteiger partial charge < -0.3 is 19.8 Å². The first-order valence-corrected chi connectivity index (χ1v) is 8.78. The van der Waals surface area contributed by atoms with Gasteiger partial charge in [0.05, 0.1) is 0 Å². The van der Waals surface area contributed by atoms with Crippen LogP contribution < -0.4 is 0 Å². The van der Waals surface area contributed by atoms with Gasteiger partial charge in [0.15, 0.2) is 0 Å². The summed E-state index contributed by atoms with van der Waals surface area (Å²) in [7, 11) is 0. The molecule has 1 saturated heterocycles. The Hall–Kier alpha value is -0.160. The molecule has 0 spiro atoms. The molecule has 1 heterocycles. The van der Waals surface area contributed by atoms with Crippen LogP contribution in [0.15, 0.2) is 0 Å². The number of aliphatic hydroxyl groups is 2. The molecule has 0 atom stereocenters. The second kappa shape index (κ2) is 11.4. The zero-order chi connectivity index (χ0) is 15.4. The number of likely N-dealkylation sites (tertiary alicyclic amines) is 1. The highest BCUT2D eigenvalue weighted by atomic mass is 16.5. The minimum absolute atomic E-state index is 0.184. The van der Waals surface area contributed by atoms with Gasteiger partial charge in [-0.2, -0.15) is 0 Å². The highest BCUT2D eigenvalue weighted by molar-refractivity contribution is 4.85. The largest absolute Gasteiger partial charge is 0.396 e. The lowest BCUT2D eigenvalue weighted by atomic mass is 9.73. The fourth-order valence-electron chi connectivity index (χ4n) is 3.24. The second-order valence-corrected chi connectivity index (χ2v) is 6.46. The molecule has 0 aliphatic carbocycles. The third-order valence-corrected chi connectivity index (χ3v) is 4.86. The predicted octanol–water partition coefficient (Wildman–Crippen LogP) is 2.43. The van der Waals surface area contributed by atoms with Crippen molar-refractivity contribution in [2.75, 3.05) is 46.1 Å². The van der Waals surface area contributed by atoms with Crippen molar-refractivity contribution in [2.45, 2.75) is 58.3 Å². The van der Waals surface area contributed by atoms with E-state index in [2.05, 4.69) is 11.8 Å². The van der Waals surface area contributed by atoms with Crippen molar-refractivity contribution in [3.8, 4) is 0 Å². The molecule has 1 rings (SSSR count). The van der Waals surface area contributed by atoms with Gasteiger partial charge in [-0.15, -0.1) is 0 Å². The van der Waals surface area contributed by atoms with Gasteiger partial charge in [0.1, 0.15) is 0 Å². The van der Waals surface area contributed by atoms with Crippen LogP contribution in [0.4, 0.5) is 0 Å². The molecule has 0 unspecified atom stereocenters. The quantitative estimate of drug-likeness (QED) is 0.544. The van der Waals surface area contributed by atoms with Gasteiger partial charge >= 0.3 is 0 Å². The lowest BCUT2D eigenvalue weighted by Gasteiger charge is -2.41. The summed E-state index contributed by atoms with van der Waals surface area (Å²) in [4.78, 5) is 2.53. The van der Waals surface area contributed by atoms with Gasteiger partial charge in [-0.1, -0.05) is 13.3 Å². The number of rotatable bonds is 12. The molecular weight excluding hydrogens is 266 g/mol. The average molecular weight is 301 g/mol. The maximum Gasteiger partial charge on any atom is 0.0466 e. The molecule has 21 heavy (non-hydrogen) atoms. The summed E-state index contributed by atoms with van der Waals surface area (Å²) in [6.45, 7) is 7.86. The highest BCUT2D eigenvalue weighted by Crippen LogP contribution is 2.37. The average Bonchev–Trinajstić information content (AvgIpc) is 2.49. The van der Waals surface area contributed by atoms with Crippen molar-refractivity contribution >= 4 is 0 Å². The van der Waals surface area contributed by atoms with Crippen LogP contribution in [-0.4, -0.2) is 61.2 Å². The van der Waals surface area contributed by atoms with Crippen LogP contribution in [0.25, 0.3) is 0 Å². The molecule has 0 amide bonds. The van der Waals surface area contributed by atoms with E-state index in [1.54, 1.807) is 0 Å². The Labute approximate surface area is 130 Å². The number of hydrogen-bond donors (Lipinski definition) is 2. The van der Waals surface area contributed by atoms with E-state index in [9.17, 15) is 10.2 Å². The lowest BCUT2D eigenvalue weighted by molar-refractivity contribution is 0.0504. The number of ether oxygens (including phenoxy) is 1. The molecule has 0 aromatic carbocycles. The third kappa shape index (κ3) is 7.59. The summed E-state index contributed by atoms with van der Waals surface area (Å²) < 4.78 is 5.59. The summed E-state index contributed by atoms with van der Waals surface area (Å²) in [5, 5.41) is 18.5. The number of hydrogen-bond acceptors (Lipinski definition) is 4. The molecule has 1 aliphatic heterocycles. The van der Waals surface area contributed by atoms with Crippen LogP contribution in [0.1, 0.15) is 58.3 Å². The van der Waals surface area contributed by atoms with Gasteiger partial charge in [-0.05, 0) is 70.0 Å². The molecule has 0 radical (unpaired) electrons. The Bertz CT molecular complexity index is 232. The summed E-state index contributed by atoms with van der Waals surface area (Å²) in [6.07, 6.45) is 8.64. The molecule has 2 N–H and O–H groups in total. The van der Waals surface area contributed by atoms with Crippen LogP contribution in [0.5, 0.6) is 0 Å². The summed E-state index contributed by atoms with van der Waals surface area (Å²) in [5.74, 6) is 0. The smallest absolute Gasteiger partial charge is 0.0466 e. The molecular formula is C17H35NO3. The number of unbranched alkanes of at least 4 members (excludes halogenated alkanes) is 2. The second-order valence-electron chi connectivity index (χ2n) is 6.46. The number of nitrogens with zero attached hydrogens (tertiary/aromatic N) is 1. The van der Waals surface area contributed by atoms with E-state index >= 15 is 0 Å². The molecule has 0 bridgehead atoms.